The Labute approximate surface area is 173 Å². The van der Waals surface area contributed by atoms with Gasteiger partial charge in [0, 0.05) is 28.1 Å². The first kappa shape index (κ1) is 19.5. The van der Waals surface area contributed by atoms with Crippen LogP contribution in [0.15, 0.2) is 72.8 Å². The maximum Gasteiger partial charge on any atom is 0.234 e. The molecule has 148 valence electrons. The molecule has 6 heteroatoms. The van der Waals surface area contributed by atoms with Gasteiger partial charge in [-0.05, 0) is 24.3 Å². The third kappa shape index (κ3) is 4.96. The van der Waals surface area contributed by atoms with Gasteiger partial charge in [0.2, 0.25) is 12.2 Å². The Kier molecular flexibility index (Phi) is 6.12. The SMILES string of the molecule is O=C(CSCc1cc(F)cc2c1O[C@@H](c1ccccc1)OC2)Nc1ccccc1. The number of halogens is 1. The summed E-state index contributed by atoms with van der Waals surface area (Å²) in [6.45, 7) is 0.277. The highest BCUT2D eigenvalue weighted by atomic mass is 32.2. The zero-order chi connectivity index (χ0) is 20.1. The normalized spacial score (nSPS) is 15.3. The molecular weight excluding hydrogens is 389 g/mol. The summed E-state index contributed by atoms with van der Waals surface area (Å²) in [5.41, 5.74) is 3.07. The van der Waals surface area contributed by atoms with Gasteiger partial charge >= 0.3 is 0 Å². The molecule has 1 amide bonds. The number of anilines is 1. The first-order chi connectivity index (χ1) is 14.2. The highest BCUT2D eigenvalue weighted by Gasteiger charge is 2.25. The van der Waals surface area contributed by atoms with E-state index in [0.717, 1.165) is 16.8 Å². The number of thioether (sulfide) groups is 1. The van der Waals surface area contributed by atoms with Crippen LogP contribution in [0.5, 0.6) is 5.75 Å². The molecule has 0 saturated carbocycles. The van der Waals surface area contributed by atoms with E-state index in [1.165, 1.54) is 23.9 Å². The summed E-state index contributed by atoms with van der Waals surface area (Å²) in [4.78, 5) is 12.1. The van der Waals surface area contributed by atoms with Crippen molar-refractivity contribution in [3.8, 4) is 5.75 Å². The molecular formula is C23H20FNO3S. The number of rotatable bonds is 6. The van der Waals surface area contributed by atoms with Gasteiger partial charge in [-0.15, -0.1) is 11.8 Å². The molecule has 1 aliphatic heterocycles. The molecule has 1 heterocycles. The van der Waals surface area contributed by atoms with Gasteiger partial charge in [-0.2, -0.15) is 0 Å². The summed E-state index contributed by atoms with van der Waals surface area (Å²) in [6, 6.07) is 21.8. The molecule has 3 aromatic rings. The number of para-hydroxylation sites is 1. The lowest BCUT2D eigenvalue weighted by Crippen LogP contribution is -2.19. The Morgan fingerprint density at radius 1 is 1.07 bits per heavy atom. The predicted molar refractivity (Wildman–Crippen MR) is 112 cm³/mol. The molecule has 0 bridgehead atoms. The van der Waals surface area contributed by atoms with E-state index in [1.807, 2.05) is 60.7 Å². The van der Waals surface area contributed by atoms with Gasteiger partial charge in [0.05, 0.1) is 12.4 Å². The number of carbonyl (C=O) groups excluding carboxylic acids is 1. The summed E-state index contributed by atoms with van der Waals surface area (Å²) < 4.78 is 25.9. The second kappa shape index (κ2) is 9.11. The number of carbonyl (C=O) groups is 1. The van der Waals surface area contributed by atoms with E-state index in [-0.39, 0.29) is 24.1 Å². The van der Waals surface area contributed by atoms with Crippen LogP contribution in [0.4, 0.5) is 10.1 Å². The van der Waals surface area contributed by atoms with Gasteiger partial charge in [-0.1, -0.05) is 48.5 Å². The standard InChI is InChI=1S/C23H20FNO3S/c24-19-11-17-13-27-23(16-7-3-1-4-8-16)28-22(17)18(12-19)14-29-15-21(26)25-20-9-5-2-6-10-20/h1-12,23H,13-15H2,(H,25,26)/t23-/m0/s1. The summed E-state index contributed by atoms with van der Waals surface area (Å²) in [6.07, 6.45) is -0.528. The molecule has 0 aliphatic carbocycles. The van der Waals surface area contributed by atoms with Gasteiger partial charge in [0.1, 0.15) is 11.6 Å². The van der Waals surface area contributed by atoms with Crippen molar-refractivity contribution in [1.29, 1.82) is 0 Å². The lowest BCUT2D eigenvalue weighted by Gasteiger charge is -2.28. The first-order valence-corrected chi connectivity index (χ1v) is 10.4. The van der Waals surface area contributed by atoms with Crippen LogP contribution in [0.3, 0.4) is 0 Å². The molecule has 1 aliphatic rings. The Balaban J connectivity index is 1.42. The van der Waals surface area contributed by atoms with Crippen LogP contribution in [0, 0.1) is 5.82 Å². The Morgan fingerprint density at radius 3 is 2.55 bits per heavy atom. The minimum atomic E-state index is -0.528. The number of ether oxygens (including phenoxy) is 2. The molecule has 1 N–H and O–H groups in total. The fourth-order valence-corrected chi connectivity index (χ4v) is 3.92. The van der Waals surface area contributed by atoms with Crippen LogP contribution in [-0.4, -0.2) is 11.7 Å². The second-order valence-corrected chi connectivity index (χ2v) is 7.62. The Morgan fingerprint density at radius 2 is 1.79 bits per heavy atom. The molecule has 4 rings (SSSR count). The monoisotopic (exact) mass is 409 g/mol. The van der Waals surface area contributed by atoms with Crippen LogP contribution < -0.4 is 10.1 Å². The molecule has 1 atom stereocenters. The smallest absolute Gasteiger partial charge is 0.234 e. The van der Waals surface area contributed by atoms with Crippen LogP contribution in [-0.2, 0) is 21.9 Å². The fraction of sp³-hybridized carbons (Fsp3) is 0.174. The molecule has 0 aromatic heterocycles. The lowest BCUT2D eigenvalue weighted by atomic mass is 10.1. The number of hydrogen-bond acceptors (Lipinski definition) is 4. The van der Waals surface area contributed by atoms with Crippen molar-refractivity contribution < 1.29 is 18.7 Å². The average molecular weight is 409 g/mol. The minimum Gasteiger partial charge on any atom is -0.460 e. The minimum absolute atomic E-state index is 0.0992. The summed E-state index contributed by atoms with van der Waals surface area (Å²) >= 11 is 1.41. The van der Waals surface area contributed by atoms with Crippen LogP contribution in [0.25, 0.3) is 0 Å². The third-order valence-electron chi connectivity index (χ3n) is 4.44. The van der Waals surface area contributed by atoms with Gasteiger partial charge < -0.3 is 14.8 Å². The van der Waals surface area contributed by atoms with E-state index in [9.17, 15) is 9.18 Å². The molecule has 0 radical (unpaired) electrons. The number of nitrogens with one attached hydrogen (secondary N) is 1. The molecule has 0 saturated heterocycles. The van der Waals surface area contributed by atoms with Crippen LogP contribution in [0.1, 0.15) is 23.0 Å². The van der Waals surface area contributed by atoms with Gasteiger partial charge in [-0.3, -0.25) is 4.79 Å². The zero-order valence-corrected chi connectivity index (χ0v) is 16.5. The summed E-state index contributed by atoms with van der Waals surface area (Å²) in [5.74, 6) is 0.932. The average Bonchev–Trinajstić information content (AvgIpc) is 2.74. The van der Waals surface area contributed by atoms with Crippen molar-refractivity contribution in [2.75, 3.05) is 11.1 Å². The van der Waals surface area contributed by atoms with E-state index in [1.54, 1.807) is 0 Å². The molecule has 0 unspecified atom stereocenters. The summed E-state index contributed by atoms with van der Waals surface area (Å²) in [7, 11) is 0. The highest BCUT2D eigenvalue weighted by Crippen LogP contribution is 2.37. The van der Waals surface area contributed by atoms with Crippen molar-refractivity contribution >= 4 is 23.4 Å². The van der Waals surface area contributed by atoms with Gasteiger partial charge in [0.15, 0.2) is 0 Å². The van der Waals surface area contributed by atoms with E-state index in [2.05, 4.69) is 5.32 Å². The zero-order valence-electron chi connectivity index (χ0n) is 15.6. The maximum atomic E-state index is 14.0. The van der Waals surface area contributed by atoms with Crippen molar-refractivity contribution in [1.82, 2.24) is 0 Å². The molecule has 0 spiro atoms. The van der Waals surface area contributed by atoms with Crippen LogP contribution >= 0.6 is 11.8 Å². The molecule has 0 fully saturated rings. The Hall–Kier alpha value is -2.83. The molecule has 3 aromatic carbocycles. The van der Waals surface area contributed by atoms with E-state index < -0.39 is 6.29 Å². The van der Waals surface area contributed by atoms with E-state index >= 15 is 0 Å². The number of benzene rings is 3. The van der Waals surface area contributed by atoms with Crippen molar-refractivity contribution in [2.24, 2.45) is 0 Å². The topological polar surface area (TPSA) is 47.6 Å². The largest absolute Gasteiger partial charge is 0.460 e. The molecule has 29 heavy (non-hydrogen) atoms. The molecule has 4 nitrogen and oxygen atoms in total. The predicted octanol–water partition coefficient (Wildman–Crippen LogP) is 5.31. The van der Waals surface area contributed by atoms with Gasteiger partial charge in [0.25, 0.3) is 0 Å². The van der Waals surface area contributed by atoms with Crippen LogP contribution in [0.2, 0.25) is 0 Å². The number of hydrogen-bond donors (Lipinski definition) is 1. The van der Waals surface area contributed by atoms with E-state index in [4.69, 9.17) is 9.47 Å². The second-order valence-electron chi connectivity index (χ2n) is 6.63. The van der Waals surface area contributed by atoms with Crippen molar-refractivity contribution in [3.05, 3.63) is 95.3 Å². The quantitative estimate of drug-likeness (QED) is 0.600. The first-order valence-electron chi connectivity index (χ1n) is 9.26. The third-order valence-corrected chi connectivity index (χ3v) is 5.42. The summed E-state index contributed by atoms with van der Waals surface area (Å²) in [5, 5.41) is 2.85. The number of fused-ring (bicyclic) bond motifs is 1. The van der Waals surface area contributed by atoms with Gasteiger partial charge in [-0.25, -0.2) is 4.39 Å². The van der Waals surface area contributed by atoms with E-state index in [0.29, 0.717) is 17.1 Å². The lowest BCUT2D eigenvalue weighted by molar-refractivity contribution is -0.113. The fourth-order valence-electron chi connectivity index (χ4n) is 3.13. The maximum absolute atomic E-state index is 14.0. The van der Waals surface area contributed by atoms with Crippen molar-refractivity contribution in [3.63, 3.8) is 0 Å². The van der Waals surface area contributed by atoms with Crippen molar-refractivity contribution in [2.45, 2.75) is 18.6 Å². The Bertz CT molecular complexity index is 982. The highest BCUT2D eigenvalue weighted by molar-refractivity contribution is 7.99. The number of amides is 1.